The highest BCUT2D eigenvalue weighted by atomic mass is 19.1. The lowest BCUT2D eigenvalue weighted by atomic mass is 10.1. The van der Waals surface area contributed by atoms with E-state index in [0.29, 0.717) is 65.9 Å². The topological polar surface area (TPSA) is 264 Å². The van der Waals surface area contributed by atoms with Crippen LogP contribution in [0.1, 0.15) is 68.7 Å². The number of ketones is 2. The number of benzene rings is 4. The number of carbonyl (C=O) groups excluding carboxylic acids is 2. The Kier molecular flexibility index (Phi) is 14.6. The first-order chi connectivity index (χ1) is 36.2. The van der Waals surface area contributed by atoms with Crippen molar-refractivity contribution >= 4 is 45.8 Å². The molecule has 4 N–H and O–H groups in total. The molecule has 2 saturated heterocycles. The van der Waals surface area contributed by atoms with E-state index >= 15 is 0 Å². The van der Waals surface area contributed by atoms with Crippen LogP contribution in [-0.2, 0) is 40.3 Å². The molecule has 382 valence electrons. The van der Waals surface area contributed by atoms with Gasteiger partial charge in [-0.2, -0.15) is 20.5 Å². The summed E-state index contributed by atoms with van der Waals surface area (Å²) >= 11 is 0. The van der Waals surface area contributed by atoms with E-state index in [4.69, 9.17) is 21.4 Å². The largest absolute Gasteiger partial charge is 0.341 e. The molecule has 2 aliphatic heterocycles. The van der Waals surface area contributed by atoms with Crippen LogP contribution in [0.2, 0.25) is 0 Å². The van der Waals surface area contributed by atoms with Crippen LogP contribution in [0.5, 0.6) is 0 Å². The third-order valence-corrected chi connectivity index (χ3v) is 13.7. The fraction of sp³-hybridized carbons (Fsp3) is 0.296. The van der Waals surface area contributed by atoms with Gasteiger partial charge in [0.1, 0.15) is 5.82 Å². The number of carbonyl (C=O) groups is 2. The van der Waals surface area contributed by atoms with Gasteiger partial charge in [0.15, 0.2) is 33.9 Å². The van der Waals surface area contributed by atoms with Crippen molar-refractivity contribution in [3.63, 3.8) is 0 Å². The van der Waals surface area contributed by atoms with E-state index < -0.39 is 47.2 Å². The first-order valence-corrected chi connectivity index (χ1v) is 24.4. The van der Waals surface area contributed by atoms with Crippen molar-refractivity contribution < 1.29 is 14.0 Å². The minimum atomic E-state index is -0.712. The summed E-state index contributed by atoms with van der Waals surface area (Å²) in [5, 5.41) is 19.3. The Morgan fingerprint density at radius 2 is 1.03 bits per heavy atom. The minimum absolute atomic E-state index is 0.0441. The number of fused-ring (bicyclic) bond motifs is 2. The van der Waals surface area contributed by atoms with Crippen LogP contribution in [0.25, 0.3) is 22.3 Å². The van der Waals surface area contributed by atoms with Gasteiger partial charge < -0.3 is 21.3 Å². The van der Waals surface area contributed by atoms with Crippen molar-refractivity contribution in [3.05, 3.63) is 184 Å². The van der Waals surface area contributed by atoms with Gasteiger partial charge in [0, 0.05) is 63.5 Å². The van der Waals surface area contributed by atoms with Crippen LogP contribution in [0.3, 0.4) is 0 Å². The number of rotatable bonds is 12. The standard InChI is InChI=1S/C27H26FN7O3.C27H27N7O3/c1-32-24-23(25(37)35(27(32)38)16-22(36)17-8-4-9-20(28)12-17)34(14-19-7-3-2-6-18(19)13-29)26(31-24)33-11-5-10-21(30)15-33;1-31-24-23(25(36)34(27(31)37)17-22(35)18-8-3-2-4-9-18)33(15-20-11-6-5-10-19(20)14-28)26(30-24)32-13-7-12-21(29)16-32/h2-4,6-9,12,21H,5,10-11,14-16,30H2,1H3;2-6,8-11,21H,7,12-13,15-17,29H2,1H3. The number of nitrogens with zero attached hydrogens (tertiary/aromatic N) is 12. The van der Waals surface area contributed by atoms with E-state index in [2.05, 4.69) is 12.1 Å². The van der Waals surface area contributed by atoms with Gasteiger partial charge in [-0.15, -0.1) is 0 Å². The second-order valence-corrected chi connectivity index (χ2v) is 18.8. The Hall–Kier alpha value is -9.05. The summed E-state index contributed by atoms with van der Waals surface area (Å²) in [7, 11) is 3.03. The number of halogens is 1. The molecule has 0 bridgehead atoms. The maximum atomic E-state index is 13.8. The molecule has 10 rings (SSSR count). The highest BCUT2D eigenvalue weighted by Crippen LogP contribution is 2.27. The second kappa shape index (κ2) is 21.6. The number of hydrogen-bond donors (Lipinski definition) is 2. The molecular formula is C54H53FN14O6. The Morgan fingerprint density at radius 3 is 1.47 bits per heavy atom. The zero-order valence-corrected chi connectivity index (χ0v) is 41.3. The predicted octanol–water partition coefficient (Wildman–Crippen LogP) is 3.39. The monoisotopic (exact) mass is 1010 g/mol. The number of anilines is 2. The van der Waals surface area contributed by atoms with Crippen LogP contribution in [0.4, 0.5) is 16.3 Å². The molecule has 0 radical (unpaired) electrons. The fourth-order valence-electron chi connectivity index (χ4n) is 9.80. The molecule has 4 aromatic heterocycles. The van der Waals surface area contributed by atoms with Gasteiger partial charge in [-0.25, -0.2) is 14.0 Å². The predicted molar refractivity (Wildman–Crippen MR) is 279 cm³/mol. The third kappa shape index (κ3) is 10.2. The summed E-state index contributed by atoms with van der Waals surface area (Å²) in [4.78, 5) is 93.4. The maximum absolute atomic E-state index is 13.8. The van der Waals surface area contributed by atoms with E-state index in [9.17, 15) is 43.7 Å². The van der Waals surface area contributed by atoms with Crippen molar-refractivity contribution in [1.82, 2.24) is 37.4 Å². The Labute approximate surface area is 427 Å². The molecule has 2 fully saturated rings. The summed E-state index contributed by atoms with van der Waals surface area (Å²) in [6, 6.07) is 32.1. The SMILES string of the molecule is Cn1c(=O)n(CC(=O)c2cccc(F)c2)c(=O)c2c1nc(N1CCCC(N)C1)n2Cc1ccccc1C#N.Cn1c(=O)n(CC(=O)c2ccccc2)c(=O)c2c1nc(N1CCCC(N)C1)n2Cc1ccccc1C#N. The molecule has 0 aliphatic carbocycles. The second-order valence-electron chi connectivity index (χ2n) is 18.8. The first-order valence-electron chi connectivity index (χ1n) is 24.4. The van der Waals surface area contributed by atoms with Crippen molar-refractivity contribution in [3.8, 4) is 12.1 Å². The number of nitrogens with two attached hydrogens (primary N) is 2. The Balaban J connectivity index is 0.000000184. The van der Waals surface area contributed by atoms with E-state index in [0.717, 1.165) is 40.9 Å². The van der Waals surface area contributed by atoms with Gasteiger partial charge in [0.2, 0.25) is 11.9 Å². The molecule has 0 amide bonds. The van der Waals surface area contributed by atoms with Gasteiger partial charge in [-0.1, -0.05) is 78.9 Å². The first kappa shape index (κ1) is 50.9. The quantitative estimate of drug-likeness (QED) is 0.166. The molecule has 75 heavy (non-hydrogen) atoms. The lowest BCUT2D eigenvalue weighted by molar-refractivity contribution is 0.0960. The van der Waals surface area contributed by atoms with Crippen molar-refractivity contribution in [2.75, 3.05) is 36.0 Å². The number of hydrogen-bond acceptors (Lipinski definition) is 14. The number of nitriles is 2. The van der Waals surface area contributed by atoms with Crippen molar-refractivity contribution in [1.29, 1.82) is 10.5 Å². The van der Waals surface area contributed by atoms with Gasteiger partial charge in [0.05, 0.1) is 49.4 Å². The van der Waals surface area contributed by atoms with Crippen LogP contribution < -0.4 is 43.8 Å². The number of aryl methyl sites for hydroxylation is 2. The molecule has 2 unspecified atom stereocenters. The molecule has 4 aromatic carbocycles. The summed E-state index contributed by atoms with van der Waals surface area (Å²) in [5.74, 6) is -0.542. The van der Waals surface area contributed by atoms with Gasteiger partial charge in [-0.3, -0.25) is 46.6 Å². The summed E-state index contributed by atoms with van der Waals surface area (Å²) in [6.07, 6.45) is 3.46. The van der Waals surface area contributed by atoms with E-state index in [-0.39, 0.29) is 58.8 Å². The molecule has 0 saturated carbocycles. The van der Waals surface area contributed by atoms with Crippen LogP contribution in [0, 0.1) is 28.5 Å². The molecule has 2 aliphatic rings. The maximum Gasteiger partial charge on any atom is 0.332 e. The lowest BCUT2D eigenvalue weighted by Crippen LogP contribution is -2.44. The van der Waals surface area contributed by atoms with Crippen LogP contribution in [0.15, 0.2) is 122 Å². The zero-order chi connectivity index (χ0) is 53.1. The van der Waals surface area contributed by atoms with Crippen molar-refractivity contribution in [2.24, 2.45) is 25.6 Å². The number of aromatic nitrogens is 8. The number of imidazole rings is 2. The molecule has 2 atom stereocenters. The highest BCUT2D eigenvalue weighted by molar-refractivity contribution is 5.96. The average Bonchev–Trinajstić information content (AvgIpc) is 4.02. The van der Waals surface area contributed by atoms with Gasteiger partial charge in [0.25, 0.3) is 11.1 Å². The normalized spacial score (nSPS) is 15.6. The molecule has 8 aromatic rings. The zero-order valence-electron chi connectivity index (χ0n) is 41.3. The summed E-state index contributed by atoms with van der Waals surface area (Å²) in [5.41, 5.74) is 13.3. The molecule has 0 spiro atoms. The molecule has 20 nitrogen and oxygen atoms in total. The highest BCUT2D eigenvalue weighted by Gasteiger charge is 2.30. The third-order valence-electron chi connectivity index (χ3n) is 13.7. The van der Waals surface area contributed by atoms with Gasteiger partial charge >= 0.3 is 11.4 Å². The Bertz CT molecular complexity index is 3860. The van der Waals surface area contributed by atoms with Crippen LogP contribution >= 0.6 is 0 Å². The van der Waals surface area contributed by atoms with Crippen molar-refractivity contribution in [2.45, 2.75) is 63.9 Å². The Morgan fingerprint density at radius 1 is 0.600 bits per heavy atom. The fourth-order valence-corrected chi connectivity index (χ4v) is 9.80. The molecular weight excluding hydrogens is 960 g/mol. The van der Waals surface area contributed by atoms with E-state index in [1.165, 1.54) is 34.4 Å². The number of piperidine rings is 2. The lowest BCUT2D eigenvalue weighted by Gasteiger charge is -2.32. The van der Waals surface area contributed by atoms with E-state index in [1.807, 2.05) is 21.9 Å². The van der Waals surface area contributed by atoms with Crippen LogP contribution in [-0.4, -0.2) is 87.2 Å². The molecule has 21 heteroatoms. The average molecular weight is 1010 g/mol. The van der Waals surface area contributed by atoms with Gasteiger partial charge in [-0.05, 0) is 61.1 Å². The minimum Gasteiger partial charge on any atom is -0.341 e. The summed E-state index contributed by atoms with van der Waals surface area (Å²) < 4.78 is 21.5. The molecule has 6 heterocycles. The smallest absolute Gasteiger partial charge is 0.332 e. The van der Waals surface area contributed by atoms with E-state index in [1.54, 1.807) is 82.9 Å². The summed E-state index contributed by atoms with van der Waals surface area (Å²) in [6.45, 7) is 1.82. The number of Topliss-reactive ketones (excluding diaryl/α,β-unsaturated/α-hetero) is 2.